The molecule has 135 valence electrons. The van der Waals surface area contributed by atoms with Gasteiger partial charge >= 0.3 is 6.03 Å². The summed E-state index contributed by atoms with van der Waals surface area (Å²) in [5.74, 6) is 0.906. The molecule has 6 heteroatoms. The average Bonchev–Trinajstić information content (AvgIpc) is 2.65. The van der Waals surface area contributed by atoms with E-state index in [2.05, 4.69) is 21.8 Å². The molecule has 0 unspecified atom stereocenters. The molecule has 0 aliphatic rings. The van der Waals surface area contributed by atoms with Crippen molar-refractivity contribution in [1.82, 2.24) is 10.3 Å². The summed E-state index contributed by atoms with van der Waals surface area (Å²) in [4.78, 5) is 27.8. The molecule has 3 rings (SSSR count). The van der Waals surface area contributed by atoms with Gasteiger partial charge in [-0.15, -0.1) is 0 Å². The number of anilines is 1. The Bertz CT molecular complexity index is 928. The highest BCUT2D eigenvalue weighted by molar-refractivity contribution is 6.01. The summed E-state index contributed by atoms with van der Waals surface area (Å²) >= 11 is 0. The zero-order valence-corrected chi connectivity index (χ0v) is 14.7. The van der Waals surface area contributed by atoms with Gasteiger partial charge in [0.15, 0.2) is 0 Å². The van der Waals surface area contributed by atoms with E-state index in [-0.39, 0.29) is 12.3 Å². The Labute approximate surface area is 157 Å². The van der Waals surface area contributed by atoms with Crippen LogP contribution in [-0.2, 0) is 11.2 Å². The molecule has 2 aromatic carbocycles. The van der Waals surface area contributed by atoms with Crippen molar-refractivity contribution < 1.29 is 14.3 Å². The summed E-state index contributed by atoms with van der Waals surface area (Å²) in [7, 11) is 0. The lowest BCUT2D eigenvalue weighted by atomic mass is 10.1. The first-order valence-electron chi connectivity index (χ1n) is 8.35. The summed E-state index contributed by atoms with van der Waals surface area (Å²) < 4.78 is 5.75. The smallest absolute Gasteiger partial charge is 0.325 e. The minimum absolute atomic E-state index is 0.142. The first kappa shape index (κ1) is 18.1. The number of ether oxygens (including phenoxy) is 1. The van der Waals surface area contributed by atoms with E-state index in [0.717, 1.165) is 11.1 Å². The Morgan fingerprint density at radius 3 is 2.63 bits per heavy atom. The van der Waals surface area contributed by atoms with Gasteiger partial charge in [-0.05, 0) is 42.3 Å². The molecule has 3 aromatic rings. The highest BCUT2D eigenvalue weighted by Crippen LogP contribution is 2.26. The van der Waals surface area contributed by atoms with E-state index in [9.17, 15) is 9.59 Å². The lowest BCUT2D eigenvalue weighted by Crippen LogP contribution is -2.35. The van der Waals surface area contributed by atoms with Crippen molar-refractivity contribution in [3.05, 3.63) is 84.2 Å². The zero-order chi connectivity index (χ0) is 19.1. The van der Waals surface area contributed by atoms with Gasteiger partial charge in [-0.3, -0.25) is 15.1 Å². The fourth-order valence-electron chi connectivity index (χ4n) is 2.45. The molecule has 2 N–H and O–H groups in total. The van der Waals surface area contributed by atoms with E-state index < -0.39 is 6.03 Å². The molecular formula is C21H18N3O3. The maximum atomic E-state index is 12.0. The minimum atomic E-state index is -0.576. The van der Waals surface area contributed by atoms with Crippen LogP contribution in [0.4, 0.5) is 10.5 Å². The molecule has 0 atom stereocenters. The third kappa shape index (κ3) is 5.40. The normalized spacial score (nSPS) is 10.1. The summed E-state index contributed by atoms with van der Waals surface area (Å²) in [5, 5.41) is 4.97. The van der Waals surface area contributed by atoms with E-state index in [1.165, 1.54) is 0 Å². The molecule has 1 heterocycles. The summed E-state index contributed by atoms with van der Waals surface area (Å²) in [6.07, 6.45) is 4.44. The number of imide groups is 1. The monoisotopic (exact) mass is 360 g/mol. The SMILES string of the molecule is Cc1cc(NC(=O)NC(=O)Cc2ccccc2)ccc1Oc1c[c]ncc1. The second kappa shape index (κ2) is 8.62. The van der Waals surface area contributed by atoms with Crippen molar-refractivity contribution in [1.29, 1.82) is 0 Å². The number of carbonyl (C=O) groups is 2. The van der Waals surface area contributed by atoms with Crippen LogP contribution in [0, 0.1) is 13.1 Å². The van der Waals surface area contributed by atoms with Crippen molar-refractivity contribution in [2.75, 3.05) is 5.32 Å². The van der Waals surface area contributed by atoms with Crippen molar-refractivity contribution in [2.24, 2.45) is 0 Å². The molecule has 0 fully saturated rings. The first-order chi connectivity index (χ1) is 13.1. The Morgan fingerprint density at radius 1 is 1.11 bits per heavy atom. The Balaban J connectivity index is 1.56. The van der Waals surface area contributed by atoms with Gasteiger partial charge in [-0.25, -0.2) is 4.79 Å². The maximum absolute atomic E-state index is 12.0. The van der Waals surface area contributed by atoms with E-state index in [1.54, 1.807) is 36.5 Å². The van der Waals surface area contributed by atoms with Crippen LogP contribution in [0.3, 0.4) is 0 Å². The molecule has 3 amide bonds. The van der Waals surface area contributed by atoms with Gasteiger partial charge in [0.2, 0.25) is 5.91 Å². The van der Waals surface area contributed by atoms with Gasteiger partial charge in [-0.1, -0.05) is 30.3 Å². The predicted molar refractivity (Wildman–Crippen MR) is 102 cm³/mol. The zero-order valence-electron chi connectivity index (χ0n) is 14.7. The number of pyridine rings is 1. The summed E-state index contributed by atoms with van der Waals surface area (Å²) in [6.45, 7) is 1.86. The van der Waals surface area contributed by atoms with E-state index in [1.807, 2.05) is 37.3 Å². The number of aromatic nitrogens is 1. The quantitative estimate of drug-likeness (QED) is 0.724. The van der Waals surface area contributed by atoms with Crippen LogP contribution in [0.25, 0.3) is 0 Å². The van der Waals surface area contributed by atoms with E-state index in [0.29, 0.717) is 17.2 Å². The van der Waals surface area contributed by atoms with E-state index in [4.69, 9.17) is 4.74 Å². The Morgan fingerprint density at radius 2 is 1.93 bits per heavy atom. The number of nitrogens with one attached hydrogen (secondary N) is 2. The van der Waals surface area contributed by atoms with Crippen LogP contribution in [0.2, 0.25) is 0 Å². The van der Waals surface area contributed by atoms with Gasteiger partial charge in [0.25, 0.3) is 0 Å². The fourth-order valence-corrected chi connectivity index (χ4v) is 2.45. The molecule has 6 nitrogen and oxygen atoms in total. The van der Waals surface area contributed by atoms with Crippen LogP contribution in [0.1, 0.15) is 11.1 Å². The number of rotatable bonds is 5. The molecule has 0 aliphatic heterocycles. The number of nitrogens with zero attached hydrogens (tertiary/aromatic N) is 1. The number of carbonyl (C=O) groups excluding carboxylic acids is 2. The molecule has 1 radical (unpaired) electrons. The molecule has 0 spiro atoms. The Hall–Kier alpha value is -3.67. The van der Waals surface area contributed by atoms with Crippen LogP contribution in [-0.4, -0.2) is 16.9 Å². The van der Waals surface area contributed by atoms with Crippen molar-refractivity contribution in [3.63, 3.8) is 0 Å². The highest BCUT2D eigenvalue weighted by Gasteiger charge is 2.10. The highest BCUT2D eigenvalue weighted by atomic mass is 16.5. The molecule has 0 saturated heterocycles. The standard InChI is InChI=1S/C21H18N3O3/c1-15-13-17(7-8-19(15)27-18-9-11-22-12-10-18)23-21(26)24-20(25)14-16-5-3-2-4-6-16/h2-11,13H,14H2,1H3,(H2,23,24,25,26). The first-order valence-corrected chi connectivity index (χ1v) is 8.35. The Kier molecular flexibility index (Phi) is 5.79. The van der Waals surface area contributed by atoms with Gasteiger partial charge < -0.3 is 10.1 Å². The fraction of sp³-hybridized carbons (Fsp3) is 0.0952. The maximum Gasteiger partial charge on any atom is 0.325 e. The number of amides is 3. The molecular weight excluding hydrogens is 342 g/mol. The number of urea groups is 1. The van der Waals surface area contributed by atoms with Crippen LogP contribution in [0.5, 0.6) is 11.5 Å². The molecule has 0 aliphatic carbocycles. The van der Waals surface area contributed by atoms with Crippen LogP contribution < -0.4 is 15.4 Å². The summed E-state index contributed by atoms with van der Waals surface area (Å²) in [6, 6.07) is 17.2. The molecule has 0 bridgehead atoms. The van der Waals surface area contributed by atoms with Crippen molar-refractivity contribution >= 4 is 17.6 Å². The number of aryl methyl sites for hydroxylation is 1. The second-order valence-corrected chi connectivity index (χ2v) is 5.87. The molecule has 1 aromatic heterocycles. The lowest BCUT2D eigenvalue weighted by molar-refractivity contribution is -0.119. The van der Waals surface area contributed by atoms with Gasteiger partial charge in [-0.2, -0.15) is 0 Å². The number of benzene rings is 2. The number of hydrogen-bond donors (Lipinski definition) is 2. The van der Waals surface area contributed by atoms with Crippen molar-refractivity contribution in [3.8, 4) is 11.5 Å². The number of hydrogen-bond acceptors (Lipinski definition) is 4. The third-order valence-corrected chi connectivity index (χ3v) is 3.72. The largest absolute Gasteiger partial charge is 0.457 e. The van der Waals surface area contributed by atoms with Crippen LogP contribution >= 0.6 is 0 Å². The topological polar surface area (TPSA) is 80.3 Å². The van der Waals surface area contributed by atoms with E-state index >= 15 is 0 Å². The third-order valence-electron chi connectivity index (χ3n) is 3.72. The van der Waals surface area contributed by atoms with Gasteiger partial charge in [0, 0.05) is 18.0 Å². The van der Waals surface area contributed by atoms with Gasteiger partial charge in [0.05, 0.1) is 12.6 Å². The second-order valence-electron chi connectivity index (χ2n) is 5.87. The van der Waals surface area contributed by atoms with Crippen LogP contribution in [0.15, 0.2) is 66.9 Å². The lowest BCUT2D eigenvalue weighted by Gasteiger charge is -2.11. The molecule has 0 saturated carbocycles. The minimum Gasteiger partial charge on any atom is -0.457 e. The predicted octanol–water partition coefficient (Wildman–Crippen LogP) is 3.87. The molecule has 27 heavy (non-hydrogen) atoms. The average molecular weight is 360 g/mol. The van der Waals surface area contributed by atoms with Gasteiger partial charge in [0.1, 0.15) is 11.5 Å². The van der Waals surface area contributed by atoms with Crippen molar-refractivity contribution in [2.45, 2.75) is 13.3 Å². The summed E-state index contributed by atoms with van der Waals surface area (Å²) in [5.41, 5.74) is 2.24.